The molecule has 0 radical (unpaired) electrons. The van der Waals surface area contributed by atoms with Gasteiger partial charge < -0.3 is 0 Å². The van der Waals surface area contributed by atoms with Crippen LogP contribution in [0.1, 0.15) is 0 Å². The normalized spacial score (nSPS) is 14.5. The third-order valence-electron chi connectivity index (χ3n) is 0.0714. The molecule has 1 N–H and O–H groups in total. The van der Waals surface area contributed by atoms with Crippen LogP contribution in [0.5, 0.6) is 0 Å². The summed E-state index contributed by atoms with van der Waals surface area (Å²) in [6.45, 7) is 0. The summed E-state index contributed by atoms with van der Waals surface area (Å²) < 4.78 is 18.6. The maximum absolute atomic E-state index is 10.7. The monoisotopic (exact) mass is 179 g/mol. The van der Waals surface area contributed by atoms with Crippen LogP contribution in [0.3, 0.4) is 0 Å². The molecule has 0 spiro atoms. The zero-order chi connectivity index (χ0) is 4.28. The molecule has 0 aliphatic carbocycles. The molecule has 0 amide bonds. The Labute approximate surface area is 35.6 Å². The third-order valence-corrected chi connectivity index (χ3v) is 0.479. The van der Waals surface area contributed by atoms with Gasteiger partial charge in [-0.15, -0.1) is 0 Å². The molecule has 0 aromatic heterocycles. The molecule has 28 valence electrons. The molecular weight excluding hydrogens is 172 g/mol. The van der Waals surface area contributed by atoms with Crippen LogP contribution in [0.4, 0.5) is 4.48 Å². The predicted molar refractivity (Wildman–Crippen MR) is 25.6 cm³/mol. The van der Waals surface area contributed by atoms with Crippen molar-refractivity contribution in [1.29, 1.82) is 0.594 Å². The van der Waals surface area contributed by atoms with E-state index in [1.165, 1.54) is 3.75 Å². The second kappa shape index (κ2) is 3.62. The van der Waals surface area contributed by atoms with Gasteiger partial charge in [0.2, 0.25) is 0 Å². The van der Waals surface area contributed by atoms with Crippen molar-refractivity contribution in [2.45, 2.75) is 0 Å². The van der Waals surface area contributed by atoms with E-state index in [0.29, 0.717) is 0 Å². The molecule has 0 bridgehead atoms. The van der Waals surface area contributed by atoms with Crippen molar-refractivity contribution in [3.05, 3.63) is 0 Å². The van der Waals surface area contributed by atoms with Gasteiger partial charge in [-0.1, -0.05) is 0 Å². The molecule has 3 heteroatoms. The average Bonchev–Trinajstić information content (AvgIpc) is 1.38. The van der Waals surface area contributed by atoms with Gasteiger partial charge >= 0.3 is 35.0 Å². The number of nitrogens with one attached hydrogen (secondary N) is 1. The summed E-state index contributed by atoms with van der Waals surface area (Å²) in [6, 6.07) is 0. The number of rotatable bonds is 1. The van der Waals surface area contributed by atoms with Crippen molar-refractivity contribution in [2.75, 3.05) is 4.93 Å². The molecular formula is CH5FIN. The Morgan fingerprint density at radius 1 is 2.50 bits per heavy atom. The zero-order valence-corrected chi connectivity index (χ0v) is 4.41. The Kier molecular flexibility index (Phi) is 2.57. The van der Waals surface area contributed by atoms with Crippen LogP contribution >= 0.6 is 21.3 Å². The summed E-state index contributed by atoms with van der Waals surface area (Å²) in [5.74, 6) is 0. The molecule has 0 atom stereocenters. The Morgan fingerprint density at radius 2 is 2.75 bits per heavy atom. The number of alkyl halides is 1. The van der Waals surface area contributed by atoms with Crippen LogP contribution in [0.15, 0.2) is 0 Å². The number of hydrogen-bond donors (Lipinski definition) is 1. The van der Waals surface area contributed by atoms with Gasteiger partial charge in [0, 0.05) is 0 Å². The van der Waals surface area contributed by atoms with Gasteiger partial charge in [-0.05, 0) is 0 Å². The molecule has 0 saturated heterocycles. The van der Waals surface area contributed by atoms with Crippen LogP contribution in [0.2, 0.25) is 0 Å². The first-order chi connectivity index (χ1) is 2.27. The first-order valence-electron chi connectivity index (χ1n) is 1.13. The Hall–Kier alpha value is 0.620. The van der Waals surface area contributed by atoms with Crippen molar-refractivity contribution >= 4 is 21.3 Å². The quantitative estimate of drug-likeness (QED) is 0.355. The van der Waals surface area contributed by atoms with Crippen LogP contribution in [-0.4, -0.2) is 5.52 Å². The summed E-state index contributed by atoms with van der Waals surface area (Å²) in [6.07, 6.45) is 0. The second-order valence-corrected chi connectivity index (χ2v) is 1.75. The van der Waals surface area contributed by atoms with Gasteiger partial charge in [0.15, 0.2) is 0 Å². The van der Waals surface area contributed by atoms with Crippen LogP contribution in [-0.2, 0) is 0 Å². The molecule has 0 saturated carbocycles. The van der Waals surface area contributed by atoms with E-state index in [1.807, 2.05) is 0 Å². The summed E-state index contributed by atoms with van der Waals surface area (Å²) in [7, 11) is 0. The van der Waals surface area contributed by atoms with Crippen molar-refractivity contribution < 1.29 is 4.48 Å². The van der Waals surface area contributed by atoms with E-state index in [-0.39, 0.29) is 0 Å². The van der Waals surface area contributed by atoms with E-state index in [1.54, 1.807) is 4.93 Å². The molecule has 0 aliphatic heterocycles. The van der Waals surface area contributed by atoms with Crippen molar-refractivity contribution in [3.8, 4) is 0 Å². The standard InChI is InChI=1S/CH5FIN/c1-3-4-2/h3-4H,1H3/i3T. The molecule has 0 heterocycles. The number of halogens is 2. The van der Waals surface area contributed by atoms with E-state index < -0.39 is 21.3 Å². The van der Waals surface area contributed by atoms with Crippen LogP contribution in [0, 0.1) is 0 Å². The molecule has 0 aromatic rings. The fourth-order valence-corrected chi connectivity index (χ4v) is 0. The third kappa shape index (κ3) is 2.62. The molecule has 4 heavy (non-hydrogen) atoms. The van der Waals surface area contributed by atoms with E-state index in [2.05, 4.69) is 0 Å². The Balaban J connectivity index is 2.54. The molecule has 0 fully saturated rings. The van der Waals surface area contributed by atoms with Gasteiger partial charge in [-0.3, -0.25) is 0 Å². The molecule has 1 nitrogen and oxygen atoms in total. The van der Waals surface area contributed by atoms with Crippen molar-refractivity contribution in [1.82, 2.24) is 3.75 Å². The Morgan fingerprint density at radius 3 is 2.75 bits per heavy atom. The molecule has 0 unspecified atom stereocenters. The Bertz CT molecular complexity index is 25.6. The molecule has 0 aromatic carbocycles. The zero-order valence-electron chi connectivity index (χ0n) is 3.26. The van der Waals surface area contributed by atoms with Gasteiger partial charge in [0.05, 0.1) is 0 Å². The van der Waals surface area contributed by atoms with Gasteiger partial charge in [-0.25, -0.2) is 0 Å². The van der Waals surface area contributed by atoms with Crippen molar-refractivity contribution in [3.63, 3.8) is 0 Å². The maximum atomic E-state index is 10.7. The summed E-state index contributed by atoms with van der Waals surface area (Å²) in [4.78, 5) is 1.56. The van der Waals surface area contributed by atoms with Crippen LogP contribution < -0.4 is 3.75 Å². The van der Waals surface area contributed by atoms with Crippen LogP contribution in [0.25, 0.3) is 0 Å². The van der Waals surface area contributed by atoms with E-state index >= 15 is 0 Å². The topological polar surface area (TPSA) is 12.0 Å². The van der Waals surface area contributed by atoms with Crippen molar-refractivity contribution in [2.24, 2.45) is 0 Å². The van der Waals surface area contributed by atoms with Gasteiger partial charge in [0.25, 0.3) is 0 Å². The van der Waals surface area contributed by atoms with E-state index in [9.17, 15) is 4.48 Å². The van der Waals surface area contributed by atoms with E-state index in [0.717, 1.165) is 0 Å². The predicted octanol–water partition coefficient (Wildman–Crippen LogP) is 0.708. The SMILES string of the molecule is [3H]I(C)NF. The molecule has 0 aliphatic rings. The van der Waals surface area contributed by atoms with Gasteiger partial charge in [-0.2, -0.15) is 0 Å². The number of hydrogen-bond acceptors (Lipinski definition) is 1. The summed E-state index contributed by atoms with van der Waals surface area (Å²) >= 11 is -1.95. The molecule has 0 rings (SSSR count). The second-order valence-electron chi connectivity index (χ2n) is 0.260. The van der Waals surface area contributed by atoms with E-state index in [4.69, 9.17) is 0.594 Å². The fraction of sp³-hybridized carbons (Fsp3) is 1.00. The first kappa shape index (κ1) is 2.84. The first-order valence-corrected chi connectivity index (χ1v) is 3.99. The summed E-state index contributed by atoms with van der Waals surface area (Å²) in [5.41, 5.74) is 0. The minimum absolute atomic E-state index is 1.35. The minimum atomic E-state index is -1.95. The summed E-state index contributed by atoms with van der Waals surface area (Å²) in [5, 5.41) is 0. The fourth-order valence-electron chi connectivity index (χ4n) is 0. The van der Waals surface area contributed by atoms with Gasteiger partial charge in [0.1, 0.15) is 0 Å². The average molecular weight is 179 g/mol.